The molecule has 0 spiro atoms. The standard InChI is InChI=1S/C11H11FN4O3/c12-3-6-8(17)9(18)11(19-6)16-4-15-7-5(16)1-2-14-10(7)13/h1-4,8-9,11,17-18H,(H2,13,14)/b6-3+/t8-,9-,11-/m1/s1. The summed E-state index contributed by atoms with van der Waals surface area (Å²) in [6.07, 6.45) is -0.670. The minimum atomic E-state index is -1.41. The number of imidazole rings is 1. The molecule has 0 amide bonds. The molecular weight excluding hydrogens is 255 g/mol. The highest BCUT2D eigenvalue weighted by Crippen LogP contribution is 2.34. The molecule has 0 saturated carbocycles. The van der Waals surface area contributed by atoms with Gasteiger partial charge in [0.1, 0.15) is 24.1 Å². The van der Waals surface area contributed by atoms with E-state index in [4.69, 9.17) is 10.5 Å². The molecule has 0 radical (unpaired) electrons. The van der Waals surface area contributed by atoms with E-state index in [1.807, 2.05) is 0 Å². The Balaban J connectivity index is 2.09. The lowest BCUT2D eigenvalue weighted by Crippen LogP contribution is -2.27. The normalized spacial score (nSPS) is 29.0. The van der Waals surface area contributed by atoms with E-state index in [9.17, 15) is 14.6 Å². The van der Waals surface area contributed by atoms with Crippen LogP contribution < -0.4 is 5.73 Å². The molecule has 3 rings (SSSR count). The van der Waals surface area contributed by atoms with Gasteiger partial charge in [-0.25, -0.2) is 14.4 Å². The van der Waals surface area contributed by atoms with Crippen molar-refractivity contribution >= 4 is 16.9 Å². The topological polar surface area (TPSA) is 106 Å². The zero-order valence-corrected chi connectivity index (χ0v) is 9.64. The minimum Gasteiger partial charge on any atom is -0.466 e. The summed E-state index contributed by atoms with van der Waals surface area (Å²) in [5.41, 5.74) is 6.70. The van der Waals surface area contributed by atoms with Gasteiger partial charge in [-0.15, -0.1) is 0 Å². The second-order valence-corrected chi connectivity index (χ2v) is 4.17. The summed E-state index contributed by atoms with van der Waals surface area (Å²) in [7, 11) is 0. The van der Waals surface area contributed by atoms with Gasteiger partial charge in [0.15, 0.2) is 11.6 Å². The van der Waals surface area contributed by atoms with Crippen molar-refractivity contribution in [2.75, 3.05) is 5.73 Å². The maximum atomic E-state index is 12.5. The number of halogens is 1. The molecule has 3 atom stereocenters. The Morgan fingerprint density at radius 2 is 2.21 bits per heavy atom. The van der Waals surface area contributed by atoms with E-state index >= 15 is 0 Å². The van der Waals surface area contributed by atoms with E-state index in [-0.39, 0.29) is 17.9 Å². The molecule has 1 saturated heterocycles. The van der Waals surface area contributed by atoms with Crippen LogP contribution in [0.15, 0.2) is 30.7 Å². The zero-order valence-electron chi connectivity index (χ0n) is 9.64. The average Bonchev–Trinajstić information content (AvgIpc) is 2.94. The van der Waals surface area contributed by atoms with Crippen molar-refractivity contribution in [2.45, 2.75) is 18.4 Å². The third kappa shape index (κ3) is 1.65. The van der Waals surface area contributed by atoms with Crippen LogP contribution in [0.3, 0.4) is 0 Å². The highest BCUT2D eigenvalue weighted by atomic mass is 19.1. The molecule has 0 bridgehead atoms. The number of aliphatic hydroxyl groups is 2. The quantitative estimate of drug-likeness (QED) is 0.674. The molecule has 4 N–H and O–H groups in total. The van der Waals surface area contributed by atoms with Gasteiger partial charge in [-0.1, -0.05) is 0 Å². The first kappa shape index (κ1) is 11.9. The Morgan fingerprint density at radius 1 is 1.42 bits per heavy atom. The second-order valence-electron chi connectivity index (χ2n) is 4.17. The number of nitrogens with zero attached hydrogens (tertiary/aromatic N) is 3. The van der Waals surface area contributed by atoms with Crippen LogP contribution in [0.25, 0.3) is 11.0 Å². The molecule has 0 unspecified atom stereocenters. The van der Waals surface area contributed by atoms with Gasteiger partial charge in [-0.05, 0) is 6.07 Å². The summed E-state index contributed by atoms with van der Waals surface area (Å²) < 4.78 is 19.1. The molecule has 2 aromatic heterocycles. The lowest BCUT2D eigenvalue weighted by atomic mass is 10.2. The van der Waals surface area contributed by atoms with E-state index in [1.54, 1.807) is 6.07 Å². The van der Waals surface area contributed by atoms with E-state index in [1.165, 1.54) is 17.1 Å². The summed E-state index contributed by atoms with van der Waals surface area (Å²) in [5, 5.41) is 19.5. The van der Waals surface area contributed by atoms with Gasteiger partial charge >= 0.3 is 0 Å². The molecule has 1 aliphatic heterocycles. The Bertz CT molecular complexity index is 656. The number of ether oxygens (including phenoxy) is 1. The maximum absolute atomic E-state index is 12.5. The molecule has 100 valence electrons. The molecular formula is C11H11FN4O3. The second kappa shape index (κ2) is 4.18. The lowest BCUT2D eigenvalue weighted by Gasteiger charge is -2.16. The Labute approximate surface area is 106 Å². The molecule has 19 heavy (non-hydrogen) atoms. The lowest BCUT2D eigenvalue weighted by molar-refractivity contribution is -0.0117. The van der Waals surface area contributed by atoms with Crippen molar-refractivity contribution in [3.8, 4) is 0 Å². The SMILES string of the molecule is Nc1nccc2c1ncn2[C@@H]1O/C(=C/F)[C@@H](O)[C@H]1O. The number of aromatic nitrogens is 3. The molecule has 7 nitrogen and oxygen atoms in total. The number of pyridine rings is 1. The smallest absolute Gasteiger partial charge is 0.206 e. The predicted octanol–water partition coefficient (Wildman–Crippen LogP) is 0.0750. The van der Waals surface area contributed by atoms with Gasteiger partial charge in [-0.2, -0.15) is 0 Å². The fourth-order valence-corrected chi connectivity index (χ4v) is 2.10. The number of fused-ring (bicyclic) bond motifs is 1. The molecule has 1 aliphatic rings. The number of nitrogens with two attached hydrogens (primary N) is 1. The van der Waals surface area contributed by atoms with Crippen LogP contribution in [0, 0.1) is 0 Å². The van der Waals surface area contributed by atoms with Crippen molar-refractivity contribution < 1.29 is 19.3 Å². The number of anilines is 1. The monoisotopic (exact) mass is 266 g/mol. The average molecular weight is 266 g/mol. The number of nitrogen functional groups attached to an aromatic ring is 1. The van der Waals surface area contributed by atoms with Crippen molar-refractivity contribution in [1.82, 2.24) is 14.5 Å². The maximum Gasteiger partial charge on any atom is 0.206 e. The number of hydrogen-bond acceptors (Lipinski definition) is 6. The van der Waals surface area contributed by atoms with Crippen LogP contribution in [0.2, 0.25) is 0 Å². The van der Waals surface area contributed by atoms with Crippen molar-refractivity contribution in [3.05, 3.63) is 30.7 Å². The minimum absolute atomic E-state index is 0.128. The first-order chi connectivity index (χ1) is 9.13. The van der Waals surface area contributed by atoms with E-state index < -0.39 is 18.4 Å². The van der Waals surface area contributed by atoms with Crippen LogP contribution in [-0.2, 0) is 4.74 Å². The molecule has 3 heterocycles. The zero-order chi connectivity index (χ0) is 13.6. The molecule has 2 aromatic rings. The summed E-state index contributed by atoms with van der Waals surface area (Å²) in [4.78, 5) is 7.95. The van der Waals surface area contributed by atoms with Gasteiger partial charge in [0.2, 0.25) is 6.23 Å². The predicted molar refractivity (Wildman–Crippen MR) is 63.3 cm³/mol. The Morgan fingerprint density at radius 3 is 2.89 bits per heavy atom. The fraction of sp³-hybridized carbons (Fsp3) is 0.273. The van der Waals surface area contributed by atoms with Crippen LogP contribution in [0.1, 0.15) is 6.23 Å². The summed E-state index contributed by atoms with van der Waals surface area (Å²) >= 11 is 0. The van der Waals surface area contributed by atoms with Gasteiger partial charge in [0, 0.05) is 6.20 Å². The Kier molecular flexibility index (Phi) is 2.61. The first-order valence-electron chi connectivity index (χ1n) is 5.53. The van der Waals surface area contributed by atoms with Crippen molar-refractivity contribution in [2.24, 2.45) is 0 Å². The molecule has 8 heteroatoms. The van der Waals surface area contributed by atoms with Crippen LogP contribution in [0.5, 0.6) is 0 Å². The van der Waals surface area contributed by atoms with Gasteiger partial charge in [0.25, 0.3) is 0 Å². The number of hydrogen-bond donors (Lipinski definition) is 3. The molecule has 0 aromatic carbocycles. The van der Waals surface area contributed by atoms with E-state index in [0.717, 1.165) is 0 Å². The highest BCUT2D eigenvalue weighted by molar-refractivity contribution is 5.84. The number of aliphatic hydroxyl groups excluding tert-OH is 2. The summed E-state index contributed by atoms with van der Waals surface area (Å²) in [5.74, 6) is -0.0769. The van der Waals surface area contributed by atoms with Gasteiger partial charge in [-0.3, -0.25) is 4.57 Å². The highest BCUT2D eigenvalue weighted by Gasteiger charge is 2.41. The number of rotatable bonds is 1. The largest absolute Gasteiger partial charge is 0.466 e. The van der Waals surface area contributed by atoms with Crippen molar-refractivity contribution in [1.29, 1.82) is 0 Å². The summed E-state index contributed by atoms with van der Waals surface area (Å²) in [6, 6.07) is 1.64. The van der Waals surface area contributed by atoms with Crippen LogP contribution in [0.4, 0.5) is 10.2 Å². The summed E-state index contributed by atoms with van der Waals surface area (Å²) in [6.45, 7) is 0. The van der Waals surface area contributed by atoms with Crippen LogP contribution >= 0.6 is 0 Å². The third-order valence-electron chi connectivity index (χ3n) is 3.07. The van der Waals surface area contributed by atoms with Gasteiger partial charge < -0.3 is 20.7 Å². The molecule has 1 fully saturated rings. The van der Waals surface area contributed by atoms with E-state index in [0.29, 0.717) is 11.0 Å². The fourth-order valence-electron chi connectivity index (χ4n) is 2.10. The Hall–Kier alpha value is -2.19. The first-order valence-corrected chi connectivity index (χ1v) is 5.53. The molecule has 0 aliphatic carbocycles. The third-order valence-corrected chi connectivity index (χ3v) is 3.07. The van der Waals surface area contributed by atoms with Crippen molar-refractivity contribution in [3.63, 3.8) is 0 Å². The van der Waals surface area contributed by atoms with Crippen LogP contribution in [-0.4, -0.2) is 37.0 Å². The van der Waals surface area contributed by atoms with Gasteiger partial charge in [0.05, 0.1) is 11.8 Å². The van der Waals surface area contributed by atoms with E-state index in [2.05, 4.69) is 9.97 Å².